The number of fused-ring (bicyclic) bond motifs is 2. The molecule has 0 spiro atoms. The summed E-state index contributed by atoms with van der Waals surface area (Å²) < 4.78 is 8.53. The molecule has 4 heteroatoms. The fourth-order valence-electron chi connectivity index (χ4n) is 5.93. The topological polar surface area (TPSA) is 39.4 Å². The molecule has 2 aromatic rings. The van der Waals surface area contributed by atoms with Gasteiger partial charge in [-0.2, -0.15) is 0 Å². The summed E-state index contributed by atoms with van der Waals surface area (Å²) in [5.74, 6) is 7.17. The minimum absolute atomic E-state index is 0.670. The van der Waals surface area contributed by atoms with Crippen LogP contribution in [0.2, 0.25) is 0 Å². The molecule has 26 heavy (non-hydrogen) atoms. The summed E-state index contributed by atoms with van der Waals surface area (Å²) in [4.78, 5) is 0. The monoisotopic (exact) mass is 353 g/mol. The van der Waals surface area contributed by atoms with Gasteiger partial charge in [-0.1, -0.05) is 20.3 Å². The lowest BCUT2D eigenvalue weighted by Crippen LogP contribution is -2.13. The van der Waals surface area contributed by atoms with Crippen LogP contribution in [0, 0.1) is 36.5 Å². The van der Waals surface area contributed by atoms with Crippen LogP contribution in [0.25, 0.3) is 5.65 Å². The van der Waals surface area contributed by atoms with Crippen molar-refractivity contribution in [2.24, 2.45) is 29.6 Å². The molecule has 3 aliphatic carbocycles. The predicted octanol–water partition coefficient (Wildman–Crippen LogP) is 5.00. The molecular formula is C22H31N3O. The van der Waals surface area contributed by atoms with Crippen molar-refractivity contribution < 1.29 is 4.74 Å². The van der Waals surface area contributed by atoms with Crippen LogP contribution in [-0.4, -0.2) is 21.2 Å². The number of nitrogens with zero attached hydrogens (tertiary/aromatic N) is 3. The summed E-state index contributed by atoms with van der Waals surface area (Å²) in [5, 5.41) is 8.51. The van der Waals surface area contributed by atoms with E-state index in [9.17, 15) is 0 Å². The minimum atomic E-state index is 0.670. The maximum absolute atomic E-state index is 6.43. The maximum Gasteiger partial charge on any atom is 0.164 e. The van der Waals surface area contributed by atoms with Crippen molar-refractivity contribution in [3.8, 4) is 5.75 Å². The zero-order chi connectivity index (χ0) is 17.8. The first-order valence-electron chi connectivity index (χ1n) is 10.6. The van der Waals surface area contributed by atoms with Crippen LogP contribution in [0.1, 0.15) is 69.7 Å². The highest BCUT2D eigenvalue weighted by Gasteiger charge is 2.46. The Morgan fingerprint density at radius 3 is 2.73 bits per heavy atom. The molecule has 5 unspecified atom stereocenters. The first-order valence-corrected chi connectivity index (χ1v) is 10.6. The number of hydrogen-bond donors (Lipinski definition) is 0. The zero-order valence-corrected chi connectivity index (χ0v) is 16.3. The second-order valence-corrected chi connectivity index (χ2v) is 9.20. The van der Waals surface area contributed by atoms with Crippen LogP contribution in [0.5, 0.6) is 5.75 Å². The molecule has 2 aromatic heterocycles. The molecule has 0 aliphatic heterocycles. The number of pyridine rings is 1. The zero-order valence-electron chi connectivity index (χ0n) is 16.3. The van der Waals surface area contributed by atoms with Crippen LogP contribution in [0.4, 0.5) is 0 Å². The average Bonchev–Trinajstić information content (AvgIpc) is 3.20. The molecule has 0 aromatic carbocycles. The Balaban J connectivity index is 1.32. The molecular weight excluding hydrogens is 322 g/mol. The van der Waals surface area contributed by atoms with Gasteiger partial charge in [0.25, 0.3) is 0 Å². The minimum Gasteiger partial charge on any atom is -0.493 e. The molecule has 3 fully saturated rings. The molecule has 0 N–H and O–H groups in total. The van der Waals surface area contributed by atoms with E-state index in [2.05, 4.69) is 40.7 Å². The maximum atomic E-state index is 6.43. The van der Waals surface area contributed by atoms with Crippen molar-refractivity contribution in [2.45, 2.75) is 65.2 Å². The Hall–Kier alpha value is -1.58. The molecule has 0 saturated heterocycles. The Morgan fingerprint density at radius 1 is 1.15 bits per heavy atom. The first kappa shape index (κ1) is 16.6. The number of ether oxygens (including phenoxy) is 1. The van der Waals surface area contributed by atoms with Gasteiger partial charge >= 0.3 is 0 Å². The molecule has 5 atom stereocenters. The van der Waals surface area contributed by atoms with E-state index in [1.54, 1.807) is 0 Å². The number of aryl methyl sites for hydroxylation is 1. The van der Waals surface area contributed by atoms with Gasteiger partial charge in [-0.05, 0) is 74.5 Å². The van der Waals surface area contributed by atoms with Gasteiger partial charge in [0.05, 0.1) is 6.61 Å². The van der Waals surface area contributed by atoms with E-state index < -0.39 is 0 Å². The number of aromatic nitrogens is 3. The molecule has 3 aliphatic rings. The fourth-order valence-corrected chi connectivity index (χ4v) is 5.93. The van der Waals surface area contributed by atoms with E-state index in [0.29, 0.717) is 5.92 Å². The molecule has 0 radical (unpaired) electrons. The van der Waals surface area contributed by atoms with E-state index in [1.165, 1.54) is 44.1 Å². The van der Waals surface area contributed by atoms with Gasteiger partial charge in [0.1, 0.15) is 11.6 Å². The van der Waals surface area contributed by atoms with Crippen molar-refractivity contribution in [3.63, 3.8) is 0 Å². The van der Waals surface area contributed by atoms with Gasteiger partial charge in [-0.15, -0.1) is 10.2 Å². The molecule has 5 rings (SSSR count). The lowest BCUT2D eigenvalue weighted by molar-refractivity contribution is 0.232. The van der Waals surface area contributed by atoms with E-state index in [1.807, 2.05) is 6.92 Å². The van der Waals surface area contributed by atoms with Crippen LogP contribution >= 0.6 is 0 Å². The third kappa shape index (κ3) is 2.73. The second kappa shape index (κ2) is 6.24. The normalized spacial score (nSPS) is 33.7. The van der Waals surface area contributed by atoms with Gasteiger partial charge in [-0.3, -0.25) is 4.40 Å². The summed E-state index contributed by atoms with van der Waals surface area (Å²) in [6.07, 6.45) is 10.3. The van der Waals surface area contributed by atoms with Crippen LogP contribution in [-0.2, 0) is 0 Å². The number of hydrogen-bond acceptors (Lipinski definition) is 3. The summed E-state index contributed by atoms with van der Waals surface area (Å²) >= 11 is 0. The summed E-state index contributed by atoms with van der Waals surface area (Å²) in [6, 6.07) is 2.11. The Morgan fingerprint density at radius 2 is 1.96 bits per heavy atom. The van der Waals surface area contributed by atoms with Crippen LogP contribution in [0.15, 0.2) is 12.3 Å². The summed E-state index contributed by atoms with van der Waals surface area (Å²) in [6.45, 7) is 7.74. The van der Waals surface area contributed by atoms with Gasteiger partial charge in [-0.25, -0.2) is 0 Å². The molecule has 140 valence electrons. The molecule has 2 heterocycles. The van der Waals surface area contributed by atoms with E-state index in [0.717, 1.165) is 53.4 Å². The van der Waals surface area contributed by atoms with Gasteiger partial charge in [0.2, 0.25) is 0 Å². The lowest BCUT2D eigenvalue weighted by atomic mass is 9.89. The summed E-state index contributed by atoms with van der Waals surface area (Å²) in [7, 11) is 0. The molecule has 4 nitrogen and oxygen atoms in total. The van der Waals surface area contributed by atoms with Gasteiger partial charge in [0, 0.05) is 17.8 Å². The highest BCUT2D eigenvalue weighted by Crippen LogP contribution is 2.54. The Bertz CT molecular complexity index is 809. The van der Waals surface area contributed by atoms with Crippen molar-refractivity contribution in [1.82, 2.24) is 14.6 Å². The van der Waals surface area contributed by atoms with Crippen molar-refractivity contribution in [2.75, 3.05) is 6.61 Å². The lowest BCUT2D eigenvalue weighted by Gasteiger charge is -2.18. The van der Waals surface area contributed by atoms with Crippen molar-refractivity contribution in [3.05, 3.63) is 23.7 Å². The largest absolute Gasteiger partial charge is 0.493 e. The highest BCUT2D eigenvalue weighted by atomic mass is 16.5. The second-order valence-electron chi connectivity index (χ2n) is 9.20. The predicted molar refractivity (Wildman–Crippen MR) is 102 cm³/mol. The van der Waals surface area contributed by atoms with Crippen LogP contribution in [0.3, 0.4) is 0 Å². The standard InChI is InChI=1S/C22H31N3O/c1-4-16-7-13(2)18-8-15(9-19(16)18)12-26-21-10-22-24-23-14(3)25(22)11-20(21)17-5-6-17/h10-11,13,15-19H,4-9,12H2,1-3H3. The third-order valence-electron chi connectivity index (χ3n) is 7.49. The third-order valence-corrected chi connectivity index (χ3v) is 7.49. The molecule has 0 bridgehead atoms. The SMILES string of the molecule is CCC1CC(C)C2CC(COc3cc4nnc(C)n4cc3C3CC3)CC12. The smallest absolute Gasteiger partial charge is 0.164 e. The highest BCUT2D eigenvalue weighted by molar-refractivity contribution is 5.50. The molecule has 3 saturated carbocycles. The van der Waals surface area contributed by atoms with Gasteiger partial charge in [0.15, 0.2) is 5.65 Å². The van der Waals surface area contributed by atoms with Crippen molar-refractivity contribution in [1.29, 1.82) is 0 Å². The molecule has 0 amide bonds. The Labute approximate surface area is 156 Å². The fraction of sp³-hybridized carbons (Fsp3) is 0.727. The Kier molecular flexibility index (Phi) is 3.98. The first-order chi connectivity index (χ1) is 12.6. The van der Waals surface area contributed by atoms with E-state index >= 15 is 0 Å². The average molecular weight is 354 g/mol. The van der Waals surface area contributed by atoms with E-state index in [4.69, 9.17) is 4.74 Å². The number of rotatable bonds is 5. The van der Waals surface area contributed by atoms with Crippen molar-refractivity contribution >= 4 is 5.65 Å². The quantitative estimate of drug-likeness (QED) is 0.759. The van der Waals surface area contributed by atoms with E-state index in [-0.39, 0.29) is 0 Å². The van der Waals surface area contributed by atoms with Crippen LogP contribution < -0.4 is 4.74 Å². The summed E-state index contributed by atoms with van der Waals surface area (Å²) in [5.41, 5.74) is 2.27. The van der Waals surface area contributed by atoms with Gasteiger partial charge < -0.3 is 4.74 Å².